The summed E-state index contributed by atoms with van der Waals surface area (Å²) in [5.41, 5.74) is 0. The van der Waals surface area contributed by atoms with E-state index in [9.17, 15) is 0 Å². The number of ether oxygens (including phenoxy) is 2. The Morgan fingerprint density at radius 3 is 1.82 bits per heavy atom. The molecule has 2 unspecified atom stereocenters. The molecule has 1 aliphatic carbocycles. The molecule has 1 saturated carbocycles. The minimum absolute atomic E-state index is 0.469. The molecule has 1 rings (SSSR count). The molecule has 0 heterocycles. The van der Waals surface area contributed by atoms with Crippen molar-refractivity contribution < 1.29 is 9.47 Å². The summed E-state index contributed by atoms with van der Waals surface area (Å²) in [5.74, 6) is 0. The molecule has 1 fully saturated rings. The SMILES string of the molecule is CCOC1CCC(OCC)C1. The van der Waals surface area contributed by atoms with Crippen LogP contribution in [0.5, 0.6) is 0 Å². The van der Waals surface area contributed by atoms with Gasteiger partial charge in [0.1, 0.15) is 0 Å². The van der Waals surface area contributed by atoms with Gasteiger partial charge >= 0.3 is 0 Å². The van der Waals surface area contributed by atoms with Gasteiger partial charge in [0, 0.05) is 13.2 Å². The lowest BCUT2D eigenvalue weighted by molar-refractivity contribution is 0.0313. The molecule has 0 spiro atoms. The molecule has 2 heteroatoms. The topological polar surface area (TPSA) is 18.5 Å². The van der Waals surface area contributed by atoms with Crippen LogP contribution in [0.3, 0.4) is 0 Å². The molecule has 0 radical (unpaired) electrons. The summed E-state index contributed by atoms with van der Waals surface area (Å²) < 4.78 is 11.0. The Kier molecular flexibility index (Phi) is 3.87. The van der Waals surface area contributed by atoms with E-state index in [4.69, 9.17) is 9.47 Å². The first-order valence-corrected chi connectivity index (χ1v) is 4.60. The fourth-order valence-corrected chi connectivity index (χ4v) is 1.67. The van der Waals surface area contributed by atoms with Gasteiger partial charge in [0.15, 0.2) is 0 Å². The molecule has 0 amide bonds. The molecule has 0 aromatic heterocycles. The van der Waals surface area contributed by atoms with Crippen molar-refractivity contribution in [2.45, 2.75) is 45.3 Å². The minimum atomic E-state index is 0.469. The van der Waals surface area contributed by atoms with Gasteiger partial charge in [-0.05, 0) is 33.1 Å². The molecule has 1 aliphatic rings. The zero-order valence-electron chi connectivity index (χ0n) is 7.51. The molecule has 2 nitrogen and oxygen atoms in total. The summed E-state index contributed by atoms with van der Waals surface area (Å²) in [6, 6.07) is 0. The summed E-state index contributed by atoms with van der Waals surface area (Å²) in [6.07, 6.45) is 4.40. The molecule has 0 aliphatic heterocycles. The van der Waals surface area contributed by atoms with E-state index in [0.29, 0.717) is 12.2 Å². The van der Waals surface area contributed by atoms with Crippen molar-refractivity contribution in [3.8, 4) is 0 Å². The van der Waals surface area contributed by atoms with Crippen LogP contribution < -0.4 is 0 Å². The maximum Gasteiger partial charge on any atom is 0.0600 e. The van der Waals surface area contributed by atoms with E-state index in [1.165, 1.54) is 12.8 Å². The summed E-state index contributed by atoms with van der Waals surface area (Å²) >= 11 is 0. The molecule has 0 aromatic rings. The Bertz CT molecular complexity index is 91.7. The molecule has 0 saturated heterocycles. The van der Waals surface area contributed by atoms with E-state index in [-0.39, 0.29) is 0 Å². The molecule has 2 atom stereocenters. The first-order chi connectivity index (χ1) is 5.36. The highest BCUT2D eigenvalue weighted by Crippen LogP contribution is 2.24. The molecule has 0 aromatic carbocycles. The fourth-order valence-electron chi connectivity index (χ4n) is 1.67. The van der Waals surface area contributed by atoms with Gasteiger partial charge in [0.2, 0.25) is 0 Å². The van der Waals surface area contributed by atoms with Crippen molar-refractivity contribution in [2.24, 2.45) is 0 Å². The van der Waals surface area contributed by atoms with E-state index < -0.39 is 0 Å². The van der Waals surface area contributed by atoms with Crippen molar-refractivity contribution in [3.63, 3.8) is 0 Å². The van der Waals surface area contributed by atoms with Crippen LogP contribution in [0.25, 0.3) is 0 Å². The van der Waals surface area contributed by atoms with Crippen LogP contribution in [0.2, 0.25) is 0 Å². The third-order valence-electron chi connectivity index (χ3n) is 2.14. The van der Waals surface area contributed by atoms with Gasteiger partial charge in [0.05, 0.1) is 12.2 Å². The van der Waals surface area contributed by atoms with Gasteiger partial charge < -0.3 is 9.47 Å². The molecule has 11 heavy (non-hydrogen) atoms. The summed E-state index contributed by atoms with van der Waals surface area (Å²) in [7, 11) is 0. The van der Waals surface area contributed by atoms with Crippen molar-refractivity contribution in [3.05, 3.63) is 0 Å². The van der Waals surface area contributed by atoms with Crippen molar-refractivity contribution >= 4 is 0 Å². The zero-order chi connectivity index (χ0) is 8.10. The van der Waals surface area contributed by atoms with Crippen LogP contribution in [-0.4, -0.2) is 25.4 Å². The van der Waals surface area contributed by atoms with E-state index >= 15 is 0 Å². The molecular formula is C9H18O2. The molecule has 0 N–H and O–H groups in total. The van der Waals surface area contributed by atoms with Crippen LogP contribution in [-0.2, 0) is 9.47 Å². The average molecular weight is 158 g/mol. The lowest BCUT2D eigenvalue weighted by Crippen LogP contribution is -2.12. The van der Waals surface area contributed by atoms with Gasteiger partial charge in [-0.1, -0.05) is 0 Å². The largest absolute Gasteiger partial charge is 0.378 e. The zero-order valence-corrected chi connectivity index (χ0v) is 7.51. The Hall–Kier alpha value is -0.0800. The maximum absolute atomic E-state index is 5.50. The number of hydrogen-bond donors (Lipinski definition) is 0. The Balaban J connectivity index is 2.12. The molecular weight excluding hydrogens is 140 g/mol. The number of rotatable bonds is 4. The second kappa shape index (κ2) is 4.73. The highest BCUT2D eigenvalue weighted by molar-refractivity contribution is 4.76. The lowest BCUT2D eigenvalue weighted by atomic mass is 10.3. The standard InChI is InChI=1S/C9H18O2/c1-3-10-8-5-6-9(7-8)11-4-2/h8-9H,3-7H2,1-2H3. The Morgan fingerprint density at radius 1 is 1.00 bits per heavy atom. The van der Waals surface area contributed by atoms with Crippen LogP contribution >= 0.6 is 0 Å². The first-order valence-electron chi connectivity index (χ1n) is 4.60. The second-order valence-corrected chi connectivity index (χ2v) is 2.97. The fraction of sp³-hybridized carbons (Fsp3) is 1.00. The van der Waals surface area contributed by atoms with Gasteiger partial charge in [-0.25, -0.2) is 0 Å². The smallest absolute Gasteiger partial charge is 0.0600 e. The van der Waals surface area contributed by atoms with Crippen LogP contribution in [0.1, 0.15) is 33.1 Å². The van der Waals surface area contributed by atoms with Crippen LogP contribution in [0, 0.1) is 0 Å². The highest BCUT2D eigenvalue weighted by Gasteiger charge is 2.24. The van der Waals surface area contributed by atoms with E-state index in [2.05, 4.69) is 0 Å². The first kappa shape index (κ1) is 9.01. The van der Waals surface area contributed by atoms with Gasteiger partial charge in [-0.2, -0.15) is 0 Å². The monoisotopic (exact) mass is 158 g/mol. The van der Waals surface area contributed by atoms with Crippen molar-refractivity contribution in [1.82, 2.24) is 0 Å². The van der Waals surface area contributed by atoms with Crippen molar-refractivity contribution in [2.75, 3.05) is 13.2 Å². The van der Waals surface area contributed by atoms with Gasteiger partial charge in [0.25, 0.3) is 0 Å². The van der Waals surface area contributed by atoms with E-state index in [1.807, 2.05) is 13.8 Å². The highest BCUT2D eigenvalue weighted by atomic mass is 16.5. The van der Waals surface area contributed by atoms with Crippen LogP contribution in [0.4, 0.5) is 0 Å². The summed E-state index contributed by atoms with van der Waals surface area (Å²) in [5, 5.41) is 0. The third kappa shape index (κ3) is 2.80. The second-order valence-electron chi connectivity index (χ2n) is 2.97. The minimum Gasteiger partial charge on any atom is -0.378 e. The van der Waals surface area contributed by atoms with Crippen molar-refractivity contribution in [1.29, 1.82) is 0 Å². The van der Waals surface area contributed by atoms with Gasteiger partial charge in [-0.15, -0.1) is 0 Å². The van der Waals surface area contributed by atoms with Gasteiger partial charge in [-0.3, -0.25) is 0 Å². The Labute approximate surface area is 68.9 Å². The van der Waals surface area contributed by atoms with Crippen LogP contribution in [0.15, 0.2) is 0 Å². The summed E-state index contributed by atoms with van der Waals surface area (Å²) in [4.78, 5) is 0. The van der Waals surface area contributed by atoms with E-state index in [0.717, 1.165) is 19.6 Å². The summed E-state index contributed by atoms with van der Waals surface area (Å²) in [6.45, 7) is 5.77. The lowest BCUT2D eigenvalue weighted by Gasteiger charge is -2.10. The average Bonchev–Trinajstić information content (AvgIpc) is 2.38. The maximum atomic E-state index is 5.50. The Morgan fingerprint density at radius 2 is 1.45 bits per heavy atom. The molecule has 0 bridgehead atoms. The number of hydrogen-bond acceptors (Lipinski definition) is 2. The van der Waals surface area contributed by atoms with E-state index in [1.54, 1.807) is 0 Å². The third-order valence-corrected chi connectivity index (χ3v) is 2.14. The molecule has 66 valence electrons. The quantitative estimate of drug-likeness (QED) is 0.623. The predicted octanol–water partition coefficient (Wildman–Crippen LogP) is 1.98. The predicted molar refractivity (Wildman–Crippen MR) is 44.7 cm³/mol. The normalized spacial score (nSPS) is 31.1.